The van der Waals surface area contributed by atoms with Crippen LogP contribution in [0.25, 0.3) is 11.0 Å². The Bertz CT molecular complexity index is 1070. The molecule has 1 atom stereocenters. The van der Waals surface area contributed by atoms with Crippen molar-refractivity contribution in [1.29, 1.82) is 0 Å². The number of fused-ring (bicyclic) bond motifs is 1. The Morgan fingerprint density at radius 3 is 2.39 bits per heavy atom. The standard InChI is InChI=1S/C24H23F3N2O4/c25-24(26,27)15-32-23(31)29-12-10-17(11-13-29)22(30)28-21(16-6-2-1-3-7-16)20-14-18-8-4-5-9-19(18)33-20/h1-9,14,17,21H,10-13,15H2,(H,28,30). The summed E-state index contributed by atoms with van der Waals surface area (Å²) >= 11 is 0. The Kier molecular flexibility index (Phi) is 6.57. The van der Waals surface area contributed by atoms with E-state index in [9.17, 15) is 22.8 Å². The number of hydrogen-bond donors (Lipinski definition) is 1. The van der Waals surface area contributed by atoms with E-state index >= 15 is 0 Å². The number of hydrogen-bond acceptors (Lipinski definition) is 4. The highest BCUT2D eigenvalue weighted by atomic mass is 19.4. The number of ether oxygens (including phenoxy) is 1. The Labute approximate surface area is 188 Å². The van der Waals surface area contributed by atoms with Crippen molar-refractivity contribution < 1.29 is 31.9 Å². The monoisotopic (exact) mass is 460 g/mol. The van der Waals surface area contributed by atoms with Crippen LogP contribution in [0.1, 0.15) is 30.2 Å². The summed E-state index contributed by atoms with van der Waals surface area (Å²) < 4.78 is 47.1. The molecule has 1 saturated heterocycles. The van der Waals surface area contributed by atoms with Gasteiger partial charge in [0.25, 0.3) is 0 Å². The van der Waals surface area contributed by atoms with E-state index in [1.165, 1.54) is 4.90 Å². The van der Waals surface area contributed by atoms with Crippen LogP contribution in [0.5, 0.6) is 0 Å². The fourth-order valence-corrected chi connectivity index (χ4v) is 3.93. The summed E-state index contributed by atoms with van der Waals surface area (Å²) in [6.07, 6.45) is -4.93. The largest absolute Gasteiger partial charge is 0.459 e. The summed E-state index contributed by atoms with van der Waals surface area (Å²) in [5, 5.41) is 3.98. The molecular formula is C24H23F3N2O4. The fraction of sp³-hybridized carbons (Fsp3) is 0.333. The van der Waals surface area contributed by atoms with Gasteiger partial charge in [-0.2, -0.15) is 13.2 Å². The van der Waals surface area contributed by atoms with Crippen molar-refractivity contribution in [2.24, 2.45) is 5.92 Å². The van der Waals surface area contributed by atoms with Crippen LogP contribution in [0.2, 0.25) is 0 Å². The van der Waals surface area contributed by atoms with Gasteiger partial charge in [0.2, 0.25) is 5.91 Å². The Balaban J connectivity index is 1.42. The minimum atomic E-state index is -4.57. The van der Waals surface area contributed by atoms with Crippen LogP contribution >= 0.6 is 0 Å². The summed E-state index contributed by atoms with van der Waals surface area (Å²) in [4.78, 5) is 26.1. The molecule has 0 spiro atoms. The third kappa shape index (κ3) is 5.66. The van der Waals surface area contributed by atoms with E-state index in [-0.39, 0.29) is 24.9 Å². The van der Waals surface area contributed by atoms with Crippen molar-refractivity contribution in [1.82, 2.24) is 10.2 Å². The van der Waals surface area contributed by atoms with Crippen LogP contribution in [0.15, 0.2) is 65.1 Å². The molecule has 1 aliphatic heterocycles. The zero-order valence-corrected chi connectivity index (χ0v) is 17.7. The van der Waals surface area contributed by atoms with Crippen LogP contribution < -0.4 is 5.32 Å². The zero-order valence-electron chi connectivity index (χ0n) is 17.7. The molecule has 1 aromatic heterocycles. The molecule has 3 aromatic rings. The van der Waals surface area contributed by atoms with E-state index in [0.29, 0.717) is 24.2 Å². The van der Waals surface area contributed by atoms with Gasteiger partial charge in [-0.25, -0.2) is 4.79 Å². The van der Waals surface area contributed by atoms with Crippen LogP contribution in [0.3, 0.4) is 0 Å². The predicted molar refractivity (Wildman–Crippen MR) is 114 cm³/mol. The second-order valence-corrected chi connectivity index (χ2v) is 7.97. The van der Waals surface area contributed by atoms with Gasteiger partial charge in [0.05, 0.1) is 0 Å². The number of furan rings is 1. The van der Waals surface area contributed by atoms with Crippen LogP contribution in [0, 0.1) is 5.92 Å². The van der Waals surface area contributed by atoms with E-state index in [2.05, 4.69) is 10.1 Å². The third-order valence-corrected chi connectivity index (χ3v) is 5.63. The molecule has 0 saturated carbocycles. The van der Waals surface area contributed by atoms with Crippen molar-refractivity contribution in [2.75, 3.05) is 19.7 Å². The first-order valence-corrected chi connectivity index (χ1v) is 10.6. The van der Waals surface area contributed by atoms with Crippen molar-refractivity contribution in [3.63, 3.8) is 0 Å². The van der Waals surface area contributed by atoms with Crippen LogP contribution in [0.4, 0.5) is 18.0 Å². The van der Waals surface area contributed by atoms with E-state index in [0.717, 1.165) is 10.9 Å². The summed E-state index contributed by atoms with van der Waals surface area (Å²) in [6, 6.07) is 18.4. The number of halogens is 3. The predicted octanol–water partition coefficient (Wildman–Crippen LogP) is 5.05. The molecule has 0 bridgehead atoms. The highest BCUT2D eigenvalue weighted by Crippen LogP contribution is 2.29. The lowest BCUT2D eigenvalue weighted by Crippen LogP contribution is -2.44. The molecule has 1 aliphatic rings. The second-order valence-electron chi connectivity index (χ2n) is 7.97. The SMILES string of the molecule is O=C(NC(c1ccccc1)c1cc2ccccc2o1)C1CCN(C(=O)OCC(F)(F)F)CC1. The molecular weight excluding hydrogens is 437 g/mol. The van der Waals surface area contributed by atoms with E-state index < -0.39 is 24.9 Å². The molecule has 33 heavy (non-hydrogen) atoms. The first-order chi connectivity index (χ1) is 15.8. The average molecular weight is 460 g/mol. The maximum absolute atomic E-state index is 13.1. The van der Waals surface area contributed by atoms with E-state index in [1.807, 2.05) is 60.7 Å². The zero-order chi connectivity index (χ0) is 23.4. The number of nitrogens with zero attached hydrogens (tertiary/aromatic N) is 1. The molecule has 1 N–H and O–H groups in total. The van der Waals surface area contributed by atoms with Crippen molar-refractivity contribution in [2.45, 2.75) is 25.1 Å². The highest BCUT2D eigenvalue weighted by molar-refractivity contribution is 5.81. The first-order valence-electron chi connectivity index (χ1n) is 10.6. The normalized spacial score (nSPS) is 15.9. The minimum Gasteiger partial charge on any atom is -0.459 e. The van der Waals surface area contributed by atoms with E-state index in [1.54, 1.807) is 0 Å². The molecule has 2 heterocycles. The lowest BCUT2D eigenvalue weighted by molar-refractivity contribution is -0.162. The molecule has 4 rings (SSSR count). The molecule has 0 radical (unpaired) electrons. The van der Waals surface area contributed by atoms with Gasteiger partial charge >= 0.3 is 12.3 Å². The number of rotatable bonds is 5. The van der Waals surface area contributed by atoms with Gasteiger partial charge in [-0.1, -0.05) is 48.5 Å². The number of likely N-dealkylation sites (tertiary alicyclic amines) is 1. The van der Waals surface area contributed by atoms with Gasteiger partial charge < -0.3 is 19.4 Å². The number of nitrogens with one attached hydrogen (secondary N) is 1. The van der Waals surface area contributed by atoms with Gasteiger partial charge in [0, 0.05) is 24.4 Å². The quantitative estimate of drug-likeness (QED) is 0.579. The smallest absolute Gasteiger partial charge is 0.422 e. The number of alkyl halides is 3. The van der Waals surface area contributed by atoms with E-state index in [4.69, 9.17) is 4.42 Å². The van der Waals surface area contributed by atoms with Gasteiger partial charge in [-0.05, 0) is 30.5 Å². The van der Waals surface area contributed by atoms with Gasteiger partial charge in [0.1, 0.15) is 17.4 Å². The summed E-state index contributed by atoms with van der Waals surface area (Å²) in [7, 11) is 0. The van der Waals surface area contributed by atoms with Crippen molar-refractivity contribution in [3.05, 3.63) is 72.0 Å². The molecule has 2 aromatic carbocycles. The molecule has 9 heteroatoms. The number of piperidine rings is 1. The molecule has 0 aliphatic carbocycles. The number of benzene rings is 2. The molecule has 6 nitrogen and oxygen atoms in total. The van der Waals surface area contributed by atoms with Crippen molar-refractivity contribution in [3.8, 4) is 0 Å². The summed E-state index contributed by atoms with van der Waals surface area (Å²) in [5.41, 5.74) is 1.58. The molecule has 1 fully saturated rings. The lowest BCUT2D eigenvalue weighted by Gasteiger charge is -2.31. The second kappa shape index (κ2) is 9.56. The number of para-hydroxylation sites is 1. The maximum atomic E-state index is 13.1. The van der Waals surface area contributed by atoms with Gasteiger partial charge in [0.15, 0.2) is 6.61 Å². The minimum absolute atomic E-state index is 0.148. The topological polar surface area (TPSA) is 71.8 Å². The lowest BCUT2D eigenvalue weighted by atomic mass is 9.95. The van der Waals surface area contributed by atoms with Crippen LogP contribution in [-0.4, -0.2) is 42.8 Å². The van der Waals surface area contributed by atoms with Crippen LogP contribution in [-0.2, 0) is 9.53 Å². The fourth-order valence-electron chi connectivity index (χ4n) is 3.93. The number of carbonyl (C=O) groups is 2. The van der Waals surface area contributed by atoms with Gasteiger partial charge in [-0.15, -0.1) is 0 Å². The Morgan fingerprint density at radius 2 is 1.73 bits per heavy atom. The first kappa shape index (κ1) is 22.7. The highest BCUT2D eigenvalue weighted by Gasteiger charge is 2.33. The Hall–Kier alpha value is -3.49. The van der Waals surface area contributed by atoms with Gasteiger partial charge in [-0.3, -0.25) is 4.79 Å². The molecule has 1 unspecified atom stereocenters. The molecule has 174 valence electrons. The summed E-state index contributed by atoms with van der Waals surface area (Å²) in [5.74, 6) is 0.0174. The molecule has 2 amide bonds. The number of carbonyl (C=O) groups excluding carboxylic acids is 2. The summed E-state index contributed by atoms with van der Waals surface area (Å²) in [6.45, 7) is -1.33. The number of amides is 2. The maximum Gasteiger partial charge on any atom is 0.422 e. The Morgan fingerprint density at radius 1 is 1.06 bits per heavy atom. The average Bonchev–Trinajstić information content (AvgIpc) is 3.25. The third-order valence-electron chi connectivity index (χ3n) is 5.63. The van der Waals surface area contributed by atoms with Crippen molar-refractivity contribution >= 4 is 23.0 Å².